The Kier molecular flexibility index (Phi) is 7.02. The molecule has 0 bridgehead atoms. The van der Waals surface area contributed by atoms with Gasteiger partial charge in [-0.25, -0.2) is 0 Å². The fourth-order valence-electron chi connectivity index (χ4n) is 3.16. The van der Waals surface area contributed by atoms with Crippen LogP contribution >= 0.6 is 11.5 Å². The van der Waals surface area contributed by atoms with E-state index in [4.69, 9.17) is 4.74 Å². The van der Waals surface area contributed by atoms with Gasteiger partial charge in [0.15, 0.2) is 5.69 Å². The SMILES string of the molecule is COc1ccc([C@@H](C(=O)NC(C)(C)C)N(Cc2ccccc2)C(=O)c2csnn2)cc1. The molecule has 31 heavy (non-hydrogen) atoms. The van der Waals surface area contributed by atoms with Gasteiger partial charge in [0.1, 0.15) is 11.8 Å². The van der Waals surface area contributed by atoms with E-state index in [0.717, 1.165) is 17.1 Å². The molecule has 0 fully saturated rings. The van der Waals surface area contributed by atoms with Crippen molar-refractivity contribution in [3.8, 4) is 5.75 Å². The number of aromatic nitrogens is 2. The number of methoxy groups -OCH3 is 1. The van der Waals surface area contributed by atoms with Crippen LogP contribution in [0, 0.1) is 0 Å². The quantitative estimate of drug-likeness (QED) is 0.606. The van der Waals surface area contributed by atoms with Gasteiger partial charge in [-0.3, -0.25) is 9.59 Å². The van der Waals surface area contributed by atoms with Crippen LogP contribution < -0.4 is 10.1 Å². The van der Waals surface area contributed by atoms with Gasteiger partial charge in [-0.15, -0.1) is 5.10 Å². The van der Waals surface area contributed by atoms with Crippen molar-refractivity contribution < 1.29 is 14.3 Å². The zero-order valence-electron chi connectivity index (χ0n) is 18.0. The van der Waals surface area contributed by atoms with Crippen molar-refractivity contribution in [1.29, 1.82) is 0 Å². The van der Waals surface area contributed by atoms with Gasteiger partial charge >= 0.3 is 0 Å². The van der Waals surface area contributed by atoms with Crippen molar-refractivity contribution in [2.24, 2.45) is 0 Å². The van der Waals surface area contributed by atoms with Crippen molar-refractivity contribution in [2.45, 2.75) is 38.9 Å². The van der Waals surface area contributed by atoms with Crippen LogP contribution in [0.2, 0.25) is 0 Å². The van der Waals surface area contributed by atoms with Crippen molar-refractivity contribution in [1.82, 2.24) is 19.8 Å². The molecule has 8 heteroatoms. The molecule has 0 saturated carbocycles. The predicted octanol–water partition coefficient (Wildman–Crippen LogP) is 3.85. The number of nitrogens with one attached hydrogen (secondary N) is 1. The predicted molar refractivity (Wildman–Crippen MR) is 120 cm³/mol. The minimum Gasteiger partial charge on any atom is -0.497 e. The Morgan fingerprint density at radius 2 is 1.77 bits per heavy atom. The molecule has 2 amide bonds. The van der Waals surface area contributed by atoms with Gasteiger partial charge in [-0.2, -0.15) is 0 Å². The van der Waals surface area contributed by atoms with Crippen molar-refractivity contribution in [3.05, 3.63) is 76.8 Å². The van der Waals surface area contributed by atoms with Gasteiger partial charge in [0.05, 0.1) is 7.11 Å². The Hall–Kier alpha value is -3.26. The van der Waals surface area contributed by atoms with Gasteiger partial charge < -0.3 is 15.0 Å². The zero-order chi connectivity index (χ0) is 22.4. The Labute approximate surface area is 186 Å². The Balaban J connectivity index is 2.07. The Bertz CT molecular complexity index is 1000. The van der Waals surface area contributed by atoms with E-state index < -0.39 is 11.6 Å². The fourth-order valence-corrected chi connectivity index (χ4v) is 3.59. The van der Waals surface area contributed by atoms with Crippen LogP contribution in [0.1, 0.15) is 48.4 Å². The number of ether oxygens (including phenoxy) is 1. The summed E-state index contributed by atoms with van der Waals surface area (Å²) >= 11 is 1.10. The largest absolute Gasteiger partial charge is 0.497 e. The van der Waals surface area contributed by atoms with E-state index in [1.165, 1.54) is 4.90 Å². The zero-order valence-corrected chi connectivity index (χ0v) is 18.8. The number of amides is 2. The number of hydrogen-bond acceptors (Lipinski definition) is 6. The summed E-state index contributed by atoms with van der Waals surface area (Å²) in [5.41, 5.74) is 1.32. The highest BCUT2D eigenvalue weighted by Gasteiger charge is 2.34. The lowest BCUT2D eigenvalue weighted by Gasteiger charge is -2.33. The third kappa shape index (κ3) is 5.88. The van der Waals surface area contributed by atoms with Gasteiger partial charge in [-0.05, 0) is 55.6 Å². The van der Waals surface area contributed by atoms with E-state index in [9.17, 15) is 9.59 Å². The highest BCUT2D eigenvalue weighted by molar-refractivity contribution is 7.03. The Morgan fingerprint density at radius 1 is 1.10 bits per heavy atom. The molecule has 0 unspecified atom stereocenters. The van der Waals surface area contributed by atoms with Crippen molar-refractivity contribution in [2.75, 3.05) is 7.11 Å². The second-order valence-electron chi connectivity index (χ2n) is 8.12. The van der Waals surface area contributed by atoms with Crippen LogP contribution in [0.25, 0.3) is 0 Å². The highest BCUT2D eigenvalue weighted by atomic mass is 32.1. The summed E-state index contributed by atoms with van der Waals surface area (Å²) in [4.78, 5) is 28.4. The maximum Gasteiger partial charge on any atom is 0.276 e. The molecule has 3 aromatic rings. The van der Waals surface area contributed by atoms with Gasteiger partial charge in [0.2, 0.25) is 5.91 Å². The third-order valence-corrected chi connectivity index (χ3v) is 5.03. The number of carbonyl (C=O) groups excluding carboxylic acids is 2. The average Bonchev–Trinajstić information content (AvgIpc) is 3.27. The molecule has 1 heterocycles. The van der Waals surface area contributed by atoms with Crippen LogP contribution in [-0.4, -0.2) is 38.9 Å². The molecule has 0 aliphatic rings. The summed E-state index contributed by atoms with van der Waals surface area (Å²) in [6.07, 6.45) is 0. The summed E-state index contributed by atoms with van der Waals surface area (Å²) in [5, 5.41) is 8.55. The van der Waals surface area contributed by atoms with Crippen LogP contribution in [0.4, 0.5) is 0 Å². The monoisotopic (exact) mass is 438 g/mol. The smallest absolute Gasteiger partial charge is 0.276 e. The lowest BCUT2D eigenvalue weighted by atomic mass is 10.0. The van der Waals surface area contributed by atoms with Crippen molar-refractivity contribution in [3.63, 3.8) is 0 Å². The molecule has 1 aromatic heterocycles. The summed E-state index contributed by atoms with van der Waals surface area (Å²) in [6, 6.07) is 15.9. The van der Waals surface area contributed by atoms with E-state index in [0.29, 0.717) is 11.3 Å². The molecule has 7 nitrogen and oxygen atoms in total. The van der Waals surface area contributed by atoms with Crippen LogP contribution in [0.15, 0.2) is 60.0 Å². The minimum absolute atomic E-state index is 0.211. The molecule has 0 aliphatic heterocycles. The summed E-state index contributed by atoms with van der Waals surface area (Å²) in [5.74, 6) is 0.0379. The average molecular weight is 439 g/mol. The normalized spacial score (nSPS) is 12.1. The van der Waals surface area contributed by atoms with E-state index in [2.05, 4.69) is 14.9 Å². The molecule has 1 N–H and O–H groups in total. The maximum atomic E-state index is 13.4. The molecule has 2 aromatic carbocycles. The van der Waals surface area contributed by atoms with E-state index >= 15 is 0 Å². The number of benzene rings is 2. The van der Waals surface area contributed by atoms with Crippen LogP contribution in [0.5, 0.6) is 5.75 Å². The number of nitrogens with zero attached hydrogens (tertiary/aromatic N) is 3. The number of carbonyl (C=O) groups is 2. The number of rotatable bonds is 7. The first kappa shape index (κ1) is 22.4. The highest BCUT2D eigenvalue weighted by Crippen LogP contribution is 2.28. The Morgan fingerprint density at radius 3 is 2.32 bits per heavy atom. The van der Waals surface area contributed by atoms with Crippen LogP contribution in [0.3, 0.4) is 0 Å². The third-order valence-electron chi connectivity index (χ3n) is 4.53. The van der Waals surface area contributed by atoms with E-state index in [-0.39, 0.29) is 24.1 Å². The molecule has 0 aliphatic carbocycles. The molecule has 1 atom stereocenters. The minimum atomic E-state index is -0.862. The van der Waals surface area contributed by atoms with Gasteiger partial charge in [-0.1, -0.05) is 47.0 Å². The van der Waals surface area contributed by atoms with Gasteiger partial charge in [0, 0.05) is 17.5 Å². The summed E-state index contributed by atoms with van der Waals surface area (Å²) in [6.45, 7) is 5.96. The fraction of sp³-hybridized carbons (Fsp3) is 0.304. The molecule has 0 radical (unpaired) electrons. The summed E-state index contributed by atoms with van der Waals surface area (Å²) in [7, 11) is 1.58. The first-order valence-electron chi connectivity index (χ1n) is 9.86. The first-order chi connectivity index (χ1) is 14.8. The lowest BCUT2D eigenvalue weighted by molar-refractivity contribution is -0.127. The summed E-state index contributed by atoms with van der Waals surface area (Å²) < 4.78 is 9.07. The molecule has 0 saturated heterocycles. The molecular formula is C23H26N4O3S. The molecule has 3 rings (SSSR count). The van der Waals surface area contributed by atoms with Crippen molar-refractivity contribution >= 4 is 23.3 Å². The first-order valence-corrected chi connectivity index (χ1v) is 10.7. The number of hydrogen-bond donors (Lipinski definition) is 1. The van der Waals surface area contributed by atoms with E-state index in [1.54, 1.807) is 36.8 Å². The lowest BCUT2D eigenvalue weighted by Crippen LogP contribution is -2.49. The molecular weight excluding hydrogens is 412 g/mol. The maximum absolute atomic E-state index is 13.4. The second-order valence-corrected chi connectivity index (χ2v) is 8.73. The van der Waals surface area contributed by atoms with E-state index in [1.807, 2.05) is 51.1 Å². The molecule has 162 valence electrons. The van der Waals surface area contributed by atoms with Gasteiger partial charge in [0.25, 0.3) is 5.91 Å². The second kappa shape index (κ2) is 9.70. The standard InChI is InChI=1S/C23H26N4O3S/c1-23(2,3)24-21(28)20(17-10-12-18(30-4)13-11-17)27(14-16-8-6-5-7-9-16)22(29)19-15-31-26-25-19/h5-13,15,20H,14H2,1-4H3,(H,24,28)/t20-/m0/s1. The molecule has 0 spiro atoms. The van der Waals surface area contributed by atoms with Crippen LogP contribution in [-0.2, 0) is 11.3 Å². The topological polar surface area (TPSA) is 84.4 Å².